The lowest BCUT2D eigenvalue weighted by atomic mass is 10.0. The zero-order chi connectivity index (χ0) is 27.4. The summed E-state index contributed by atoms with van der Waals surface area (Å²) in [5.41, 5.74) is 11.7. The van der Waals surface area contributed by atoms with E-state index in [2.05, 4.69) is 25.9 Å². The normalized spacial score (nSPS) is 14.5. The van der Waals surface area contributed by atoms with Crippen molar-refractivity contribution in [1.82, 2.24) is 25.9 Å². The van der Waals surface area contributed by atoms with Gasteiger partial charge in [0.2, 0.25) is 23.6 Å². The maximum absolute atomic E-state index is 13.2. The molecule has 0 radical (unpaired) electrons. The van der Waals surface area contributed by atoms with Crippen molar-refractivity contribution in [2.75, 3.05) is 0 Å². The van der Waals surface area contributed by atoms with Crippen LogP contribution in [0.1, 0.15) is 59.1 Å². The Morgan fingerprint density at radius 1 is 0.917 bits per heavy atom. The van der Waals surface area contributed by atoms with Gasteiger partial charge in [0.25, 0.3) is 0 Å². The Kier molecular flexibility index (Phi) is 12.6. The van der Waals surface area contributed by atoms with Crippen LogP contribution in [-0.4, -0.2) is 68.8 Å². The number of hydrogen-bond acceptors (Lipinski definition) is 7. The molecule has 202 valence electrons. The van der Waals surface area contributed by atoms with Crippen molar-refractivity contribution < 1.29 is 29.1 Å². The summed E-state index contributed by atoms with van der Waals surface area (Å²) < 4.78 is 0. The number of nitrogens with zero attached hydrogens (tertiary/aromatic N) is 1. The Morgan fingerprint density at radius 2 is 1.47 bits per heavy atom. The summed E-state index contributed by atoms with van der Waals surface area (Å²) in [6.07, 6.45) is 3.13. The molecule has 0 aromatic carbocycles. The number of carboxylic acids is 1. The zero-order valence-corrected chi connectivity index (χ0v) is 21.2. The average molecular weight is 510 g/mol. The smallest absolute Gasteiger partial charge is 0.326 e. The summed E-state index contributed by atoms with van der Waals surface area (Å²) in [6, 6.07) is -4.40. The number of imidazole rings is 1. The lowest BCUT2D eigenvalue weighted by molar-refractivity contribution is -0.143. The second-order valence-corrected chi connectivity index (χ2v) is 9.67. The van der Waals surface area contributed by atoms with Gasteiger partial charge in [0, 0.05) is 24.7 Å². The van der Waals surface area contributed by atoms with E-state index in [4.69, 9.17) is 11.5 Å². The summed E-state index contributed by atoms with van der Waals surface area (Å²) in [7, 11) is 0. The van der Waals surface area contributed by atoms with Crippen molar-refractivity contribution in [2.24, 2.45) is 23.3 Å². The number of carbonyl (C=O) groups is 5. The highest BCUT2D eigenvalue weighted by Crippen LogP contribution is 2.08. The standard InChI is InChI=1S/C23H39N7O6/c1-12(2)7-15(24)20(32)29-17(9-14-10-26-11-27-14)22(34)28-16(5-6-19(25)31)21(33)30-18(23(35)36)8-13(3)4/h10-13,15-18H,5-9,24H2,1-4H3,(H2,25,31)(H,26,27)(H,28,34)(H,29,32)(H,30,33)(H,35,36). The number of nitrogens with two attached hydrogens (primary N) is 2. The first-order valence-corrected chi connectivity index (χ1v) is 11.9. The topological polar surface area (TPSA) is 222 Å². The van der Waals surface area contributed by atoms with E-state index in [0.717, 1.165) is 0 Å². The van der Waals surface area contributed by atoms with Gasteiger partial charge in [-0.3, -0.25) is 19.2 Å². The number of aliphatic carboxylic acids is 1. The Balaban J connectivity index is 3.08. The molecule has 0 aliphatic rings. The number of rotatable bonds is 16. The minimum atomic E-state index is -1.26. The molecule has 0 saturated heterocycles. The number of nitrogens with one attached hydrogen (secondary N) is 4. The molecule has 4 amide bonds. The Bertz CT molecular complexity index is 888. The Labute approximate surface area is 210 Å². The van der Waals surface area contributed by atoms with Gasteiger partial charge in [-0.1, -0.05) is 27.7 Å². The van der Waals surface area contributed by atoms with Crippen LogP contribution < -0.4 is 27.4 Å². The van der Waals surface area contributed by atoms with E-state index in [1.807, 2.05) is 13.8 Å². The molecule has 36 heavy (non-hydrogen) atoms. The molecule has 1 rings (SSSR count). The molecule has 0 bridgehead atoms. The molecule has 1 aromatic heterocycles. The number of aromatic amines is 1. The fraction of sp³-hybridized carbons (Fsp3) is 0.652. The zero-order valence-electron chi connectivity index (χ0n) is 21.2. The van der Waals surface area contributed by atoms with Crippen LogP contribution in [0.25, 0.3) is 0 Å². The molecular weight excluding hydrogens is 470 g/mol. The van der Waals surface area contributed by atoms with Gasteiger partial charge in [-0.05, 0) is 31.1 Å². The molecule has 0 aliphatic carbocycles. The minimum Gasteiger partial charge on any atom is -0.480 e. The quantitative estimate of drug-likeness (QED) is 0.149. The maximum Gasteiger partial charge on any atom is 0.326 e. The van der Waals surface area contributed by atoms with E-state index in [-0.39, 0.29) is 37.5 Å². The van der Waals surface area contributed by atoms with Crippen molar-refractivity contribution in [3.8, 4) is 0 Å². The SMILES string of the molecule is CC(C)CC(N)C(=O)NC(Cc1cnc[nH]1)C(=O)NC(CCC(N)=O)C(=O)NC(CC(C)C)C(=O)O. The summed E-state index contributed by atoms with van der Waals surface area (Å²) in [5.74, 6) is -3.81. The van der Waals surface area contributed by atoms with Crippen molar-refractivity contribution in [1.29, 1.82) is 0 Å². The molecule has 0 saturated carbocycles. The van der Waals surface area contributed by atoms with Crippen LogP contribution in [-0.2, 0) is 30.4 Å². The Morgan fingerprint density at radius 3 is 1.97 bits per heavy atom. The molecule has 13 nitrogen and oxygen atoms in total. The second-order valence-electron chi connectivity index (χ2n) is 9.67. The highest BCUT2D eigenvalue weighted by Gasteiger charge is 2.31. The van der Waals surface area contributed by atoms with Crippen LogP contribution >= 0.6 is 0 Å². The van der Waals surface area contributed by atoms with Crippen LogP contribution in [0.15, 0.2) is 12.5 Å². The van der Waals surface area contributed by atoms with Crippen molar-refractivity contribution in [2.45, 2.75) is 84.0 Å². The van der Waals surface area contributed by atoms with Crippen LogP contribution in [0.3, 0.4) is 0 Å². The van der Waals surface area contributed by atoms with Gasteiger partial charge in [-0.2, -0.15) is 0 Å². The molecule has 9 N–H and O–H groups in total. The number of carboxylic acid groups (broad SMARTS) is 1. The number of carbonyl (C=O) groups excluding carboxylic acids is 4. The first-order valence-electron chi connectivity index (χ1n) is 11.9. The molecule has 0 aliphatic heterocycles. The van der Waals surface area contributed by atoms with E-state index in [9.17, 15) is 29.1 Å². The molecule has 4 unspecified atom stereocenters. The predicted molar refractivity (Wildman–Crippen MR) is 131 cm³/mol. The second kappa shape index (κ2) is 14.8. The monoisotopic (exact) mass is 509 g/mol. The third-order valence-corrected chi connectivity index (χ3v) is 5.31. The lowest BCUT2D eigenvalue weighted by Gasteiger charge is -2.25. The van der Waals surface area contributed by atoms with Crippen LogP contribution in [0.4, 0.5) is 0 Å². The summed E-state index contributed by atoms with van der Waals surface area (Å²) in [6.45, 7) is 7.43. The molecule has 1 heterocycles. The van der Waals surface area contributed by atoms with Gasteiger partial charge in [0.05, 0.1) is 12.4 Å². The van der Waals surface area contributed by atoms with Gasteiger partial charge in [0.1, 0.15) is 18.1 Å². The summed E-state index contributed by atoms with van der Waals surface area (Å²) in [4.78, 5) is 68.4. The van der Waals surface area contributed by atoms with Crippen LogP contribution in [0, 0.1) is 11.8 Å². The maximum atomic E-state index is 13.2. The van der Waals surface area contributed by atoms with Crippen LogP contribution in [0.5, 0.6) is 0 Å². The van der Waals surface area contributed by atoms with Crippen LogP contribution in [0.2, 0.25) is 0 Å². The van der Waals surface area contributed by atoms with Gasteiger partial charge in [-0.25, -0.2) is 9.78 Å². The fourth-order valence-corrected chi connectivity index (χ4v) is 3.51. The molecule has 13 heteroatoms. The van der Waals surface area contributed by atoms with Crippen molar-refractivity contribution >= 4 is 29.6 Å². The number of hydrogen-bond donors (Lipinski definition) is 7. The lowest BCUT2D eigenvalue weighted by Crippen LogP contribution is -2.57. The number of amides is 4. The summed E-state index contributed by atoms with van der Waals surface area (Å²) >= 11 is 0. The fourth-order valence-electron chi connectivity index (χ4n) is 3.51. The molecule has 0 spiro atoms. The van der Waals surface area contributed by atoms with Gasteiger partial charge in [-0.15, -0.1) is 0 Å². The van der Waals surface area contributed by atoms with E-state index in [0.29, 0.717) is 12.1 Å². The van der Waals surface area contributed by atoms with E-state index < -0.39 is 53.8 Å². The van der Waals surface area contributed by atoms with Gasteiger partial charge < -0.3 is 37.5 Å². The number of H-pyrrole nitrogens is 1. The van der Waals surface area contributed by atoms with E-state index in [1.54, 1.807) is 13.8 Å². The van der Waals surface area contributed by atoms with E-state index >= 15 is 0 Å². The van der Waals surface area contributed by atoms with Crippen molar-refractivity contribution in [3.63, 3.8) is 0 Å². The molecular formula is C23H39N7O6. The number of aromatic nitrogens is 2. The third kappa shape index (κ3) is 11.3. The first-order chi connectivity index (χ1) is 16.8. The number of primary amides is 1. The molecule has 4 atom stereocenters. The highest BCUT2D eigenvalue weighted by molar-refractivity contribution is 5.94. The Hall–Kier alpha value is -3.48. The van der Waals surface area contributed by atoms with E-state index in [1.165, 1.54) is 12.5 Å². The largest absolute Gasteiger partial charge is 0.480 e. The summed E-state index contributed by atoms with van der Waals surface area (Å²) in [5, 5.41) is 17.0. The average Bonchev–Trinajstić information content (AvgIpc) is 3.27. The highest BCUT2D eigenvalue weighted by atomic mass is 16.4. The minimum absolute atomic E-state index is 0.0193. The first kappa shape index (κ1) is 30.6. The predicted octanol–water partition coefficient (Wildman–Crippen LogP) is -0.824. The third-order valence-electron chi connectivity index (χ3n) is 5.31. The van der Waals surface area contributed by atoms with Gasteiger partial charge in [0.15, 0.2) is 0 Å². The molecule has 0 fully saturated rings. The van der Waals surface area contributed by atoms with Gasteiger partial charge >= 0.3 is 5.97 Å². The molecule has 1 aromatic rings. The van der Waals surface area contributed by atoms with Crippen molar-refractivity contribution in [3.05, 3.63) is 18.2 Å².